The van der Waals surface area contributed by atoms with Gasteiger partial charge in [-0.2, -0.15) is 0 Å². The van der Waals surface area contributed by atoms with E-state index in [4.69, 9.17) is 4.42 Å². The van der Waals surface area contributed by atoms with E-state index in [2.05, 4.69) is 182 Å². The molecule has 1 unspecified atom stereocenters. The smallest absolute Gasteiger partial charge is 0.135 e. The van der Waals surface area contributed by atoms with Crippen LogP contribution >= 0.6 is 0 Å². The Labute approximate surface area is 290 Å². The zero-order chi connectivity index (χ0) is 33.5. The molecule has 0 aliphatic heterocycles. The van der Waals surface area contributed by atoms with Crippen LogP contribution in [0.2, 0.25) is 0 Å². The molecule has 10 rings (SSSR count). The summed E-state index contributed by atoms with van der Waals surface area (Å²) in [7, 11) is 0. The molecule has 0 N–H and O–H groups in total. The van der Waals surface area contributed by atoms with Gasteiger partial charge >= 0.3 is 0 Å². The van der Waals surface area contributed by atoms with Crippen molar-refractivity contribution in [1.29, 1.82) is 0 Å². The summed E-state index contributed by atoms with van der Waals surface area (Å²) in [6, 6.07) is 55.3. The number of hydrogen-bond donors (Lipinski definition) is 0. The van der Waals surface area contributed by atoms with Crippen molar-refractivity contribution in [3.63, 3.8) is 0 Å². The van der Waals surface area contributed by atoms with Crippen LogP contribution in [0, 0.1) is 5.92 Å². The van der Waals surface area contributed by atoms with Gasteiger partial charge in [0.25, 0.3) is 0 Å². The summed E-state index contributed by atoms with van der Waals surface area (Å²) in [5.41, 5.74) is 12.7. The van der Waals surface area contributed by atoms with Crippen LogP contribution < -0.4 is 0 Å². The standard InChI is InChI=1S/C47H36N2O/c1-29(2)30(3)31-11-10-12-34(25-31)48-44-18-9-6-15-38(44)39-26-32(19-22-45(39)48)33-20-23-46-40(27-33)41-28-35(21-24-47(41)50-46)49-42-16-7-4-13-36(42)37-14-5-8-17-43(37)49/h4-30H,1-3H3. The number of nitrogens with zero attached hydrogens (tertiary/aromatic N) is 2. The topological polar surface area (TPSA) is 23.0 Å². The molecule has 0 aliphatic rings. The van der Waals surface area contributed by atoms with Gasteiger partial charge < -0.3 is 13.6 Å². The summed E-state index contributed by atoms with van der Waals surface area (Å²) in [6.07, 6.45) is 0. The molecule has 3 nitrogen and oxygen atoms in total. The highest BCUT2D eigenvalue weighted by molar-refractivity contribution is 6.12. The summed E-state index contributed by atoms with van der Waals surface area (Å²) in [5.74, 6) is 1.07. The molecule has 0 saturated heterocycles. The first-order chi connectivity index (χ1) is 24.5. The molecule has 0 amide bonds. The Balaban J connectivity index is 1.13. The van der Waals surface area contributed by atoms with Crippen molar-refractivity contribution in [2.24, 2.45) is 5.92 Å². The highest BCUT2D eigenvalue weighted by Crippen LogP contribution is 2.39. The number of para-hydroxylation sites is 3. The van der Waals surface area contributed by atoms with Gasteiger partial charge in [-0.3, -0.25) is 0 Å². The molecular weight excluding hydrogens is 609 g/mol. The Morgan fingerprint density at radius 2 is 0.900 bits per heavy atom. The molecule has 10 aromatic rings. The second kappa shape index (κ2) is 11.0. The predicted octanol–water partition coefficient (Wildman–Crippen LogP) is 13.2. The average Bonchev–Trinajstić information content (AvgIpc) is 3.81. The van der Waals surface area contributed by atoms with Crippen LogP contribution in [-0.4, -0.2) is 9.13 Å². The molecule has 3 heterocycles. The van der Waals surface area contributed by atoms with Crippen molar-refractivity contribution >= 4 is 65.6 Å². The largest absolute Gasteiger partial charge is 0.456 e. The molecule has 0 aliphatic carbocycles. The summed E-state index contributed by atoms with van der Waals surface area (Å²) < 4.78 is 11.2. The lowest BCUT2D eigenvalue weighted by Crippen LogP contribution is -2.03. The molecule has 0 fully saturated rings. The Hall–Kier alpha value is -6.06. The van der Waals surface area contributed by atoms with E-state index in [-0.39, 0.29) is 0 Å². The molecule has 3 aromatic heterocycles. The summed E-state index contributed by atoms with van der Waals surface area (Å²) in [4.78, 5) is 0. The zero-order valence-corrected chi connectivity index (χ0v) is 28.4. The van der Waals surface area contributed by atoms with Gasteiger partial charge in [0.1, 0.15) is 11.2 Å². The van der Waals surface area contributed by atoms with Crippen molar-refractivity contribution in [3.05, 3.63) is 157 Å². The number of benzene rings is 7. The minimum absolute atomic E-state index is 0.488. The Morgan fingerprint density at radius 1 is 0.400 bits per heavy atom. The van der Waals surface area contributed by atoms with E-state index in [0.717, 1.165) is 27.6 Å². The van der Waals surface area contributed by atoms with E-state index >= 15 is 0 Å². The predicted molar refractivity (Wildman–Crippen MR) is 211 cm³/mol. The normalized spacial score (nSPS) is 12.8. The highest BCUT2D eigenvalue weighted by Gasteiger charge is 2.18. The van der Waals surface area contributed by atoms with Crippen molar-refractivity contribution in [2.45, 2.75) is 26.7 Å². The van der Waals surface area contributed by atoms with Gasteiger partial charge in [0.2, 0.25) is 0 Å². The van der Waals surface area contributed by atoms with E-state index in [1.165, 1.54) is 66.0 Å². The van der Waals surface area contributed by atoms with Crippen molar-refractivity contribution in [1.82, 2.24) is 9.13 Å². The minimum Gasteiger partial charge on any atom is -0.456 e. The van der Waals surface area contributed by atoms with Gasteiger partial charge in [-0.05, 0) is 101 Å². The zero-order valence-electron chi connectivity index (χ0n) is 28.4. The summed E-state index contributed by atoms with van der Waals surface area (Å²) in [5, 5.41) is 7.28. The number of fused-ring (bicyclic) bond motifs is 9. The minimum atomic E-state index is 0.488. The first kappa shape index (κ1) is 28.9. The fraction of sp³-hybridized carbons (Fsp3) is 0.106. The van der Waals surface area contributed by atoms with Crippen LogP contribution in [0.15, 0.2) is 156 Å². The fourth-order valence-electron chi connectivity index (χ4n) is 8.05. The highest BCUT2D eigenvalue weighted by atomic mass is 16.3. The lowest BCUT2D eigenvalue weighted by molar-refractivity contribution is 0.535. The van der Waals surface area contributed by atoms with E-state index in [9.17, 15) is 0 Å². The third kappa shape index (κ3) is 4.29. The van der Waals surface area contributed by atoms with E-state index in [1.54, 1.807) is 0 Å². The van der Waals surface area contributed by atoms with Gasteiger partial charge in [0.15, 0.2) is 0 Å². The Kier molecular flexibility index (Phi) is 6.35. The maximum absolute atomic E-state index is 6.40. The van der Waals surface area contributed by atoms with Gasteiger partial charge in [-0.15, -0.1) is 0 Å². The first-order valence-electron chi connectivity index (χ1n) is 17.6. The third-order valence-electron chi connectivity index (χ3n) is 11.0. The molecule has 0 bridgehead atoms. The second-order valence-electron chi connectivity index (χ2n) is 14.1. The fourth-order valence-corrected chi connectivity index (χ4v) is 8.05. The number of furan rings is 1. The molecule has 0 saturated carbocycles. The van der Waals surface area contributed by atoms with Crippen molar-refractivity contribution in [3.8, 4) is 22.5 Å². The maximum Gasteiger partial charge on any atom is 0.135 e. The van der Waals surface area contributed by atoms with Gasteiger partial charge in [0, 0.05) is 43.7 Å². The van der Waals surface area contributed by atoms with Crippen LogP contribution in [0.4, 0.5) is 0 Å². The lowest BCUT2D eigenvalue weighted by atomic mass is 9.90. The Bertz CT molecular complexity index is 2880. The molecule has 7 aromatic carbocycles. The van der Waals surface area contributed by atoms with Crippen LogP contribution in [-0.2, 0) is 0 Å². The maximum atomic E-state index is 6.40. The lowest BCUT2D eigenvalue weighted by Gasteiger charge is -2.18. The SMILES string of the molecule is CC(C)C(C)c1cccc(-n2c3ccccc3c3cc(-c4ccc5oc6ccc(-n7c8ccccc8c8ccccc87)cc6c5c4)ccc32)c1. The van der Waals surface area contributed by atoms with Crippen LogP contribution in [0.25, 0.3) is 88.1 Å². The molecule has 0 spiro atoms. The van der Waals surface area contributed by atoms with E-state index in [1.807, 2.05) is 0 Å². The average molecular weight is 645 g/mol. The van der Waals surface area contributed by atoms with Crippen molar-refractivity contribution < 1.29 is 4.42 Å². The van der Waals surface area contributed by atoms with Crippen LogP contribution in [0.1, 0.15) is 32.3 Å². The third-order valence-corrected chi connectivity index (χ3v) is 11.0. The summed E-state index contributed by atoms with van der Waals surface area (Å²) in [6.45, 7) is 6.93. The van der Waals surface area contributed by atoms with Crippen LogP contribution in [0.5, 0.6) is 0 Å². The second-order valence-corrected chi connectivity index (χ2v) is 14.1. The molecule has 3 heteroatoms. The van der Waals surface area contributed by atoms with Crippen molar-refractivity contribution in [2.75, 3.05) is 0 Å². The Morgan fingerprint density at radius 3 is 1.54 bits per heavy atom. The first-order valence-corrected chi connectivity index (χ1v) is 17.6. The van der Waals surface area contributed by atoms with Gasteiger partial charge in [-0.25, -0.2) is 0 Å². The summed E-state index contributed by atoms with van der Waals surface area (Å²) >= 11 is 0. The number of aromatic nitrogens is 2. The molecule has 1 atom stereocenters. The van der Waals surface area contributed by atoms with Gasteiger partial charge in [0.05, 0.1) is 22.1 Å². The van der Waals surface area contributed by atoms with E-state index < -0.39 is 0 Å². The number of rotatable bonds is 5. The molecule has 50 heavy (non-hydrogen) atoms. The molecule has 0 radical (unpaired) electrons. The molecular formula is C47H36N2O. The van der Waals surface area contributed by atoms with E-state index in [0.29, 0.717) is 11.8 Å². The number of hydrogen-bond acceptors (Lipinski definition) is 1. The monoisotopic (exact) mass is 644 g/mol. The quantitative estimate of drug-likeness (QED) is 0.183. The van der Waals surface area contributed by atoms with Crippen LogP contribution in [0.3, 0.4) is 0 Å². The molecule has 240 valence electrons. The van der Waals surface area contributed by atoms with Gasteiger partial charge in [-0.1, -0.05) is 99.6 Å².